The molecule has 2 heterocycles. The fraction of sp³-hybridized carbons (Fsp3) is 0.429. The summed E-state index contributed by atoms with van der Waals surface area (Å²) in [4.78, 5) is 11.1. The van der Waals surface area contributed by atoms with Crippen LogP contribution in [-0.2, 0) is 10.9 Å². The Kier molecular flexibility index (Phi) is 2.73. The molecule has 17 heavy (non-hydrogen) atoms. The summed E-state index contributed by atoms with van der Waals surface area (Å²) in [5.74, 6) is -2.05. The topological polar surface area (TPSA) is 69.4 Å². The molecule has 6 nitrogen and oxygen atoms in total. The van der Waals surface area contributed by atoms with Crippen molar-refractivity contribution in [2.45, 2.75) is 13.1 Å². The summed E-state index contributed by atoms with van der Waals surface area (Å²) in [7, 11) is 0. The molecule has 0 saturated carbocycles. The first-order valence-corrected chi connectivity index (χ1v) is 5.21. The van der Waals surface area contributed by atoms with E-state index in [1.807, 2.05) is 0 Å². The largest absolute Gasteiger partial charge is 0.461 e. The van der Waals surface area contributed by atoms with Gasteiger partial charge in [0.15, 0.2) is 0 Å². The number of aromatic nitrogens is 4. The zero-order chi connectivity index (χ0) is 12.6. The van der Waals surface area contributed by atoms with Crippen LogP contribution in [0, 0.1) is 0 Å². The molecule has 0 radical (unpaired) electrons. The monoisotopic (exact) mass is 266 g/mol. The second-order valence-corrected chi connectivity index (χ2v) is 3.80. The first kappa shape index (κ1) is 11.8. The van der Waals surface area contributed by atoms with Crippen LogP contribution in [-0.4, -0.2) is 32.4 Å². The number of alkyl halides is 3. The van der Waals surface area contributed by atoms with Crippen molar-refractivity contribution >= 4 is 22.3 Å². The molecule has 0 spiro atoms. The summed E-state index contributed by atoms with van der Waals surface area (Å²) in [6, 6.07) is 0. The predicted octanol–water partition coefficient (Wildman–Crippen LogP) is 1.38. The highest BCUT2D eigenvalue weighted by Gasteiger charge is 2.38. The fourth-order valence-corrected chi connectivity index (χ4v) is 1.80. The second-order valence-electron chi connectivity index (χ2n) is 2.84. The molecular formula is C7H5F3N4O2S. The lowest BCUT2D eigenvalue weighted by Gasteiger charge is -2.00. The van der Waals surface area contributed by atoms with Gasteiger partial charge in [-0.15, -0.1) is 15.3 Å². The smallest absolute Gasteiger partial charge is 0.453 e. The van der Waals surface area contributed by atoms with Crippen molar-refractivity contribution < 1.29 is 22.7 Å². The van der Waals surface area contributed by atoms with E-state index in [-0.39, 0.29) is 16.6 Å². The molecule has 0 aliphatic rings. The number of hydrogen-bond acceptors (Lipinski definition) is 6. The average molecular weight is 266 g/mol. The molecule has 0 aliphatic carbocycles. The van der Waals surface area contributed by atoms with Crippen molar-refractivity contribution in [1.29, 1.82) is 0 Å². The minimum atomic E-state index is -4.67. The molecule has 0 aliphatic heterocycles. The van der Waals surface area contributed by atoms with Gasteiger partial charge in [-0.1, -0.05) is 11.3 Å². The van der Waals surface area contributed by atoms with Crippen molar-refractivity contribution in [3.63, 3.8) is 0 Å². The molecule has 2 aromatic rings. The molecule has 2 aromatic heterocycles. The maximum absolute atomic E-state index is 12.4. The Labute approximate surface area is 96.0 Å². The first-order valence-electron chi connectivity index (χ1n) is 4.40. The lowest BCUT2D eigenvalue weighted by atomic mass is 10.6. The highest BCUT2D eigenvalue weighted by atomic mass is 32.1. The van der Waals surface area contributed by atoms with Crippen LogP contribution in [0.25, 0.3) is 4.96 Å². The van der Waals surface area contributed by atoms with Gasteiger partial charge >= 0.3 is 12.1 Å². The van der Waals surface area contributed by atoms with Gasteiger partial charge < -0.3 is 4.74 Å². The summed E-state index contributed by atoms with van der Waals surface area (Å²) >= 11 is 0.686. The SMILES string of the molecule is CCOC(=O)c1nn2c(C(F)(F)F)nnc2s1. The van der Waals surface area contributed by atoms with E-state index in [1.54, 1.807) is 6.92 Å². The molecule has 2 rings (SSSR count). The normalized spacial score (nSPS) is 12.0. The minimum Gasteiger partial charge on any atom is -0.461 e. The zero-order valence-electron chi connectivity index (χ0n) is 8.35. The van der Waals surface area contributed by atoms with E-state index in [0.29, 0.717) is 15.9 Å². The summed E-state index contributed by atoms with van der Waals surface area (Å²) in [5, 5.41) is 9.53. The van der Waals surface area contributed by atoms with E-state index in [2.05, 4.69) is 20.0 Å². The van der Waals surface area contributed by atoms with Gasteiger partial charge in [-0.05, 0) is 6.92 Å². The van der Waals surface area contributed by atoms with Gasteiger partial charge in [0, 0.05) is 0 Å². The van der Waals surface area contributed by atoms with Crippen molar-refractivity contribution in [3.05, 3.63) is 10.8 Å². The predicted molar refractivity (Wildman–Crippen MR) is 49.6 cm³/mol. The molecule has 0 bridgehead atoms. The van der Waals surface area contributed by atoms with Crippen LogP contribution in [0.2, 0.25) is 0 Å². The van der Waals surface area contributed by atoms with Crippen LogP contribution < -0.4 is 0 Å². The highest BCUT2D eigenvalue weighted by Crippen LogP contribution is 2.28. The standard InChI is InChI=1S/C7H5F3N4O2S/c1-2-16-4(15)3-13-14-5(7(8,9)10)11-12-6(14)17-3/h2H2,1H3. The van der Waals surface area contributed by atoms with Gasteiger partial charge in [0.2, 0.25) is 9.97 Å². The van der Waals surface area contributed by atoms with Crippen LogP contribution in [0.1, 0.15) is 22.6 Å². The lowest BCUT2D eigenvalue weighted by molar-refractivity contribution is -0.146. The molecule has 0 aromatic carbocycles. The lowest BCUT2D eigenvalue weighted by Crippen LogP contribution is -2.12. The Bertz CT molecular complexity index is 561. The number of carbonyl (C=O) groups excluding carboxylic acids is 1. The second kappa shape index (κ2) is 3.95. The maximum atomic E-state index is 12.4. The van der Waals surface area contributed by atoms with Crippen molar-refractivity contribution in [2.24, 2.45) is 0 Å². The van der Waals surface area contributed by atoms with Gasteiger partial charge in [-0.3, -0.25) is 0 Å². The average Bonchev–Trinajstić information content (AvgIpc) is 2.73. The third-order valence-electron chi connectivity index (χ3n) is 1.69. The number of nitrogens with zero attached hydrogens (tertiary/aromatic N) is 4. The van der Waals surface area contributed by atoms with Gasteiger partial charge in [0.25, 0.3) is 5.82 Å². The summed E-state index contributed by atoms with van der Waals surface area (Å²) in [6.45, 7) is 1.70. The van der Waals surface area contributed by atoms with E-state index < -0.39 is 18.0 Å². The maximum Gasteiger partial charge on any atom is 0.453 e. The van der Waals surface area contributed by atoms with Crippen LogP contribution in [0.5, 0.6) is 0 Å². The Hall–Kier alpha value is -1.71. The fourth-order valence-electron chi connectivity index (χ4n) is 1.07. The zero-order valence-corrected chi connectivity index (χ0v) is 9.17. The molecule has 92 valence electrons. The quantitative estimate of drug-likeness (QED) is 0.768. The third kappa shape index (κ3) is 2.07. The van der Waals surface area contributed by atoms with Crippen LogP contribution in [0.15, 0.2) is 0 Å². The molecular weight excluding hydrogens is 261 g/mol. The number of esters is 1. The summed E-state index contributed by atoms with van der Waals surface area (Å²) in [5.41, 5.74) is 0. The summed E-state index contributed by atoms with van der Waals surface area (Å²) in [6.07, 6.45) is -4.67. The molecule has 10 heteroatoms. The molecule has 0 atom stereocenters. The van der Waals surface area contributed by atoms with Crippen molar-refractivity contribution in [3.8, 4) is 0 Å². The Balaban J connectivity index is 2.45. The Morgan fingerprint density at radius 1 is 1.47 bits per heavy atom. The molecule has 0 N–H and O–H groups in total. The van der Waals surface area contributed by atoms with E-state index in [4.69, 9.17) is 0 Å². The van der Waals surface area contributed by atoms with Gasteiger partial charge in [-0.2, -0.15) is 17.7 Å². The van der Waals surface area contributed by atoms with E-state index >= 15 is 0 Å². The van der Waals surface area contributed by atoms with Crippen LogP contribution >= 0.6 is 11.3 Å². The van der Waals surface area contributed by atoms with Crippen LogP contribution in [0.3, 0.4) is 0 Å². The first-order chi connectivity index (χ1) is 7.93. The van der Waals surface area contributed by atoms with E-state index in [9.17, 15) is 18.0 Å². The number of ether oxygens (including phenoxy) is 1. The summed E-state index contributed by atoms with van der Waals surface area (Å²) < 4.78 is 42.4. The highest BCUT2D eigenvalue weighted by molar-refractivity contribution is 7.18. The molecule has 0 amide bonds. The minimum absolute atomic E-state index is 0.111. The number of rotatable bonds is 2. The van der Waals surface area contributed by atoms with Gasteiger partial charge in [-0.25, -0.2) is 4.79 Å². The van der Waals surface area contributed by atoms with Gasteiger partial charge in [0.1, 0.15) is 0 Å². The number of hydrogen-bond donors (Lipinski definition) is 0. The number of fused-ring (bicyclic) bond motifs is 1. The number of halogens is 3. The van der Waals surface area contributed by atoms with E-state index in [0.717, 1.165) is 0 Å². The van der Waals surface area contributed by atoms with Crippen molar-refractivity contribution in [2.75, 3.05) is 6.61 Å². The molecule has 0 saturated heterocycles. The van der Waals surface area contributed by atoms with Crippen LogP contribution in [0.4, 0.5) is 13.2 Å². The molecule has 0 unspecified atom stereocenters. The van der Waals surface area contributed by atoms with Crippen molar-refractivity contribution in [1.82, 2.24) is 19.8 Å². The Morgan fingerprint density at radius 2 is 2.18 bits per heavy atom. The van der Waals surface area contributed by atoms with Gasteiger partial charge in [0.05, 0.1) is 6.61 Å². The van der Waals surface area contributed by atoms with E-state index in [1.165, 1.54) is 0 Å². The number of carbonyl (C=O) groups is 1. The Morgan fingerprint density at radius 3 is 2.76 bits per heavy atom. The third-order valence-corrected chi connectivity index (χ3v) is 2.57. The molecule has 0 fully saturated rings.